The van der Waals surface area contributed by atoms with Gasteiger partial charge in [-0.25, -0.2) is 4.39 Å². The van der Waals surface area contributed by atoms with Gasteiger partial charge in [-0.3, -0.25) is 9.36 Å². The minimum absolute atomic E-state index is 0.191. The first-order valence-corrected chi connectivity index (χ1v) is 14.9. The zero-order chi connectivity index (χ0) is 29.5. The number of benzene rings is 4. The van der Waals surface area contributed by atoms with E-state index in [1.54, 1.807) is 36.4 Å². The van der Waals surface area contributed by atoms with E-state index >= 15 is 0 Å². The highest BCUT2D eigenvalue weighted by Gasteiger charge is 2.26. The van der Waals surface area contributed by atoms with Gasteiger partial charge >= 0.3 is 0 Å². The Morgan fingerprint density at radius 3 is 2.38 bits per heavy atom. The Labute approximate surface area is 257 Å². The Morgan fingerprint density at radius 1 is 0.929 bits per heavy atom. The molecule has 0 aliphatic rings. The van der Waals surface area contributed by atoms with Crippen LogP contribution >= 0.6 is 35.0 Å². The van der Waals surface area contributed by atoms with Gasteiger partial charge in [0.2, 0.25) is 0 Å². The van der Waals surface area contributed by atoms with Gasteiger partial charge in [0.25, 0.3) is 5.91 Å². The van der Waals surface area contributed by atoms with Crippen LogP contribution in [0, 0.1) is 12.7 Å². The van der Waals surface area contributed by atoms with Crippen LogP contribution in [-0.2, 0) is 17.0 Å². The Balaban J connectivity index is 1.48. The summed E-state index contributed by atoms with van der Waals surface area (Å²) in [7, 11) is 0. The predicted molar refractivity (Wildman–Crippen MR) is 165 cm³/mol. The van der Waals surface area contributed by atoms with Gasteiger partial charge in [-0.1, -0.05) is 83.5 Å². The van der Waals surface area contributed by atoms with Crippen molar-refractivity contribution >= 4 is 40.9 Å². The molecule has 1 unspecified atom stereocenters. The number of carbonyl (C=O) groups excluding carboxylic acids is 1. The van der Waals surface area contributed by atoms with Crippen LogP contribution in [-0.4, -0.2) is 27.3 Å². The zero-order valence-corrected chi connectivity index (χ0v) is 25.0. The molecule has 0 bridgehead atoms. The molecule has 1 N–H and O–H groups in total. The SMILES string of the molecule is Cc1ccc(Cl)cc1-n1c(SCc2ccc(F)cc2)nnc1C(Cc1ccccc1)NC(=O)COc1ccc(Cl)cc1. The van der Waals surface area contributed by atoms with Gasteiger partial charge in [-0.2, -0.15) is 0 Å². The zero-order valence-electron chi connectivity index (χ0n) is 22.6. The number of nitrogens with one attached hydrogen (secondary N) is 1. The summed E-state index contributed by atoms with van der Waals surface area (Å²) < 4.78 is 21.1. The number of hydrogen-bond donors (Lipinski definition) is 1. The number of amides is 1. The second-order valence-corrected chi connectivity index (χ2v) is 11.4. The molecule has 4 aromatic carbocycles. The maximum absolute atomic E-state index is 13.5. The number of rotatable bonds is 11. The van der Waals surface area contributed by atoms with Crippen molar-refractivity contribution in [2.24, 2.45) is 0 Å². The van der Waals surface area contributed by atoms with Gasteiger partial charge in [0, 0.05) is 15.8 Å². The molecule has 0 spiro atoms. The highest BCUT2D eigenvalue weighted by Crippen LogP contribution is 2.31. The molecule has 6 nitrogen and oxygen atoms in total. The molecule has 1 atom stereocenters. The van der Waals surface area contributed by atoms with Crippen LogP contribution in [0.4, 0.5) is 4.39 Å². The second kappa shape index (κ2) is 13.9. The average molecular weight is 622 g/mol. The minimum Gasteiger partial charge on any atom is -0.484 e. The summed E-state index contributed by atoms with van der Waals surface area (Å²) in [5, 5.41) is 14.0. The topological polar surface area (TPSA) is 69.0 Å². The van der Waals surface area contributed by atoms with Gasteiger partial charge in [0.1, 0.15) is 11.6 Å². The van der Waals surface area contributed by atoms with E-state index in [9.17, 15) is 9.18 Å². The molecule has 42 heavy (non-hydrogen) atoms. The molecule has 0 aliphatic carbocycles. The molecule has 1 amide bonds. The molecule has 1 aromatic heterocycles. The fourth-order valence-corrected chi connectivity index (χ4v) is 5.55. The van der Waals surface area contributed by atoms with Gasteiger partial charge < -0.3 is 10.1 Å². The van der Waals surface area contributed by atoms with Crippen LogP contribution in [0.15, 0.2) is 102 Å². The fourth-order valence-electron chi connectivity index (χ4n) is 4.35. The van der Waals surface area contributed by atoms with E-state index in [2.05, 4.69) is 15.5 Å². The van der Waals surface area contributed by atoms with E-state index in [1.807, 2.05) is 60.0 Å². The van der Waals surface area contributed by atoms with Crippen molar-refractivity contribution in [3.63, 3.8) is 0 Å². The summed E-state index contributed by atoms with van der Waals surface area (Å²) in [6.07, 6.45) is 0.466. The number of halogens is 3. The lowest BCUT2D eigenvalue weighted by molar-refractivity contribution is -0.123. The number of aryl methyl sites for hydroxylation is 1. The quantitative estimate of drug-likeness (QED) is 0.153. The smallest absolute Gasteiger partial charge is 0.258 e. The third-order valence-electron chi connectivity index (χ3n) is 6.46. The molecule has 0 saturated carbocycles. The van der Waals surface area contributed by atoms with Crippen LogP contribution in [0.1, 0.15) is 28.6 Å². The summed E-state index contributed by atoms with van der Waals surface area (Å²) >= 11 is 13.9. The second-order valence-electron chi connectivity index (χ2n) is 9.57. The summed E-state index contributed by atoms with van der Waals surface area (Å²) in [5.74, 6) is 1.02. The number of aromatic nitrogens is 3. The lowest BCUT2D eigenvalue weighted by Gasteiger charge is -2.21. The van der Waals surface area contributed by atoms with E-state index in [0.717, 1.165) is 22.4 Å². The summed E-state index contributed by atoms with van der Waals surface area (Å²) in [4.78, 5) is 13.2. The van der Waals surface area contributed by atoms with E-state index in [0.29, 0.717) is 38.9 Å². The normalized spacial score (nSPS) is 11.7. The average Bonchev–Trinajstić information content (AvgIpc) is 3.41. The molecule has 5 rings (SSSR count). The number of thioether (sulfide) groups is 1. The first-order valence-electron chi connectivity index (χ1n) is 13.2. The van der Waals surface area contributed by atoms with Crippen LogP contribution in [0.3, 0.4) is 0 Å². The molecule has 0 fully saturated rings. The first-order chi connectivity index (χ1) is 20.4. The Kier molecular flexibility index (Phi) is 9.79. The highest BCUT2D eigenvalue weighted by molar-refractivity contribution is 7.98. The van der Waals surface area contributed by atoms with Gasteiger partial charge in [0.15, 0.2) is 17.6 Å². The molecular weight excluding hydrogens is 594 g/mol. The van der Waals surface area contributed by atoms with E-state index in [4.69, 9.17) is 27.9 Å². The summed E-state index contributed by atoms with van der Waals surface area (Å²) in [6.45, 7) is 1.79. The van der Waals surface area contributed by atoms with Crippen molar-refractivity contribution < 1.29 is 13.9 Å². The molecule has 10 heteroatoms. The fraction of sp³-hybridized carbons (Fsp3) is 0.156. The Hall–Kier alpha value is -3.85. The van der Waals surface area contributed by atoms with Gasteiger partial charge in [0.05, 0.1) is 11.7 Å². The maximum atomic E-state index is 13.5. The number of carbonyl (C=O) groups is 1. The molecule has 0 radical (unpaired) electrons. The van der Waals surface area contributed by atoms with Gasteiger partial charge in [-0.15, -0.1) is 10.2 Å². The third-order valence-corrected chi connectivity index (χ3v) is 7.95. The maximum Gasteiger partial charge on any atom is 0.258 e. The number of ether oxygens (including phenoxy) is 1. The molecule has 214 valence electrons. The van der Waals surface area contributed by atoms with E-state index < -0.39 is 6.04 Å². The van der Waals surface area contributed by atoms with Crippen molar-refractivity contribution in [3.05, 3.63) is 135 Å². The molecule has 1 heterocycles. The lowest BCUT2D eigenvalue weighted by atomic mass is 10.0. The molecule has 5 aromatic rings. The number of hydrogen-bond acceptors (Lipinski definition) is 5. The van der Waals surface area contributed by atoms with Crippen molar-refractivity contribution in [2.45, 2.75) is 30.3 Å². The summed E-state index contributed by atoms with van der Waals surface area (Å²) in [6, 6.07) is 28.1. The Morgan fingerprint density at radius 2 is 1.64 bits per heavy atom. The van der Waals surface area contributed by atoms with E-state index in [-0.39, 0.29) is 18.3 Å². The van der Waals surface area contributed by atoms with Crippen molar-refractivity contribution in [1.82, 2.24) is 20.1 Å². The molecule has 0 aliphatic heterocycles. The monoisotopic (exact) mass is 620 g/mol. The van der Waals surface area contributed by atoms with Crippen molar-refractivity contribution in [3.8, 4) is 11.4 Å². The van der Waals surface area contributed by atoms with E-state index in [1.165, 1.54) is 23.9 Å². The van der Waals surface area contributed by atoms with Crippen LogP contribution in [0.2, 0.25) is 10.0 Å². The largest absolute Gasteiger partial charge is 0.484 e. The third kappa shape index (κ3) is 7.70. The predicted octanol–water partition coefficient (Wildman–Crippen LogP) is 7.79. The van der Waals surface area contributed by atoms with Gasteiger partial charge in [-0.05, 0) is 78.6 Å². The van der Waals surface area contributed by atoms with Crippen LogP contribution in [0.5, 0.6) is 5.75 Å². The Bertz CT molecular complexity index is 1650. The summed E-state index contributed by atoms with van der Waals surface area (Å²) in [5.41, 5.74) is 3.71. The lowest BCUT2D eigenvalue weighted by Crippen LogP contribution is -2.35. The first kappa shape index (κ1) is 29.6. The minimum atomic E-state index is -0.542. The van der Waals surface area contributed by atoms with Crippen molar-refractivity contribution in [2.75, 3.05) is 6.61 Å². The highest BCUT2D eigenvalue weighted by atomic mass is 35.5. The molecular formula is C32H27Cl2FN4O2S. The standard InChI is InChI=1S/C32H27Cl2FN4O2S/c1-21-7-10-25(34)18-29(21)39-31(37-38-32(39)42-20-23-8-13-26(35)14-9-23)28(17-22-5-3-2-4-6-22)36-30(40)19-41-27-15-11-24(33)12-16-27/h2-16,18,28H,17,19-20H2,1H3,(H,36,40). The number of nitrogens with zero attached hydrogens (tertiary/aromatic N) is 3. The van der Waals surface area contributed by atoms with Crippen LogP contribution < -0.4 is 10.1 Å². The van der Waals surface area contributed by atoms with Crippen LogP contribution in [0.25, 0.3) is 5.69 Å². The van der Waals surface area contributed by atoms with Crippen molar-refractivity contribution in [1.29, 1.82) is 0 Å². The molecule has 0 saturated heterocycles.